The van der Waals surface area contributed by atoms with Crippen molar-refractivity contribution in [2.24, 2.45) is 0 Å². The molecule has 102 valence electrons. The number of terminal acetylenes is 1. The highest BCUT2D eigenvalue weighted by molar-refractivity contribution is 7.10. The summed E-state index contributed by atoms with van der Waals surface area (Å²) in [7, 11) is 0. The fourth-order valence-electron chi connectivity index (χ4n) is 1.88. The average molecular weight is 284 g/mol. The molecule has 0 aliphatic rings. The Labute approximate surface area is 123 Å². The SMILES string of the molecule is C#CCNCC(=O)NC(c1ccccc1)c1cccs1. The Morgan fingerprint density at radius 2 is 2.05 bits per heavy atom. The maximum absolute atomic E-state index is 12.0. The van der Waals surface area contributed by atoms with E-state index in [9.17, 15) is 4.79 Å². The summed E-state index contributed by atoms with van der Waals surface area (Å²) in [6.45, 7) is 0.612. The first kappa shape index (κ1) is 14.3. The highest BCUT2D eigenvalue weighted by Gasteiger charge is 2.17. The molecular weight excluding hydrogens is 268 g/mol. The summed E-state index contributed by atoms with van der Waals surface area (Å²) in [4.78, 5) is 13.1. The van der Waals surface area contributed by atoms with Gasteiger partial charge in [0.25, 0.3) is 0 Å². The first-order chi connectivity index (χ1) is 9.81. The van der Waals surface area contributed by atoms with E-state index in [4.69, 9.17) is 6.42 Å². The third kappa shape index (κ3) is 3.95. The summed E-state index contributed by atoms with van der Waals surface area (Å²) < 4.78 is 0. The van der Waals surface area contributed by atoms with E-state index < -0.39 is 0 Å². The van der Waals surface area contributed by atoms with E-state index >= 15 is 0 Å². The van der Waals surface area contributed by atoms with Crippen LogP contribution in [-0.4, -0.2) is 19.0 Å². The van der Waals surface area contributed by atoms with E-state index in [-0.39, 0.29) is 18.5 Å². The van der Waals surface area contributed by atoms with Crippen molar-refractivity contribution in [3.05, 3.63) is 58.3 Å². The first-order valence-corrected chi connectivity index (χ1v) is 7.21. The first-order valence-electron chi connectivity index (χ1n) is 6.33. The van der Waals surface area contributed by atoms with Gasteiger partial charge in [-0.3, -0.25) is 10.1 Å². The number of carbonyl (C=O) groups is 1. The van der Waals surface area contributed by atoms with Crippen molar-refractivity contribution in [2.75, 3.05) is 13.1 Å². The predicted octanol–water partition coefficient (Wildman–Crippen LogP) is 2.18. The number of benzene rings is 1. The molecule has 1 aromatic carbocycles. The van der Waals surface area contributed by atoms with Crippen LogP contribution in [0.4, 0.5) is 0 Å². The molecular formula is C16H16N2OS. The summed E-state index contributed by atoms with van der Waals surface area (Å²) in [5.41, 5.74) is 1.07. The van der Waals surface area contributed by atoms with Crippen LogP contribution in [0.2, 0.25) is 0 Å². The molecule has 1 unspecified atom stereocenters. The van der Waals surface area contributed by atoms with Gasteiger partial charge in [0.05, 0.1) is 19.1 Å². The monoisotopic (exact) mass is 284 g/mol. The van der Waals surface area contributed by atoms with Crippen LogP contribution >= 0.6 is 11.3 Å². The molecule has 0 aliphatic heterocycles. The number of hydrogen-bond acceptors (Lipinski definition) is 3. The second kappa shape index (κ2) is 7.49. The van der Waals surface area contributed by atoms with E-state index in [2.05, 4.69) is 16.6 Å². The lowest BCUT2D eigenvalue weighted by molar-refractivity contribution is -0.120. The molecule has 0 saturated heterocycles. The van der Waals surface area contributed by atoms with Crippen LogP contribution in [0, 0.1) is 12.3 Å². The maximum atomic E-state index is 12.0. The number of thiophene rings is 1. The van der Waals surface area contributed by atoms with Gasteiger partial charge in [-0.25, -0.2) is 0 Å². The average Bonchev–Trinajstić information content (AvgIpc) is 3.00. The van der Waals surface area contributed by atoms with Gasteiger partial charge in [-0.05, 0) is 17.0 Å². The summed E-state index contributed by atoms with van der Waals surface area (Å²) in [6.07, 6.45) is 5.14. The third-order valence-corrected chi connectivity index (χ3v) is 3.72. The van der Waals surface area contributed by atoms with Gasteiger partial charge in [0, 0.05) is 4.88 Å². The molecule has 0 radical (unpaired) electrons. The van der Waals surface area contributed by atoms with Crippen molar-refractivity contribution in [1.29, 1.82) is 0 Å². The fraction of sp³-hybridized carbons (Fsp3) is 0.188. The Kier molecular flexibility index (Phi) is 5.36. The minimum absolute atomic E-state index is 0.0671. The number of amides is 1. The third-order valence-electron chi connectivity index (χ3n) is 2.78. The topological polar surface area (TPSA) is 41.1 Å². The lowest BCUT2D eigenvalue weighted by Crippen LogP contribution is -2.36. The van der Waals surface area contributed by atoms with Gasteiger partial charge < -0.3 is 5.32 Å². The molecule has 2 rings (SSSR count). The standard InChI is InChI=1S/C16H16N2OS/c1-2-10-17-12-15(19)18-16(14-9-6-11-20-14)13-7-4-3-5-8-13/h1,3-9,11,16-17H,10,12H2,(H,18,19). The van der Waals surface area contributed by atoms with Gasteiger partial charge >= 0.3 is 0 Å². The van der Waals surface area contributed by atoms with Crippen molar-refractivity contribution in [1.82, 2.24) is 10.6 Å². The fourth-order valence-corrected chi connectivity index (χ4v) is 2.68. The van der Waals surface area contributed by atoms with E-state index in [0.717, 1.165) is 10.4 Å². The van der Waals surface area contributed by atoms with Crippen molar-refractivity contribution < 1.29 is 4.79 Å². The molecule has 2 N–H and O–H groups in total. The molecule has 1 amide bonds. The van der Waals surface area contributed by atoms with Crippen LogP contribution in [0.3, 0.4) is 0 Å². The Morgan fingerprint density at radius 3 is 2.70 bits per heavy atom. The highest BCUT2D eigenvalue weighted by Crippen LogP contribution is 2.25. The van der Waals surface area contributed by atoms with Gasteiger partial charge in [-0.2, -0.15) is 0 Å². The zero-order valence-electron chi connectivity index (χ0n) is 11.0. The molecule has 0 fully saturated rings. The van der Waals surface area contributed by atoms with Crippen molar-refractivity contribution in [3.8, 4) is 12.3 Å². The molecule has 2 aromatic rings. The predicted molar refractivity (Wildman–Crippen MR) is 82.4 cm³/mol. The zero-order valence-corrected chi connectivity index (χ0v) is 11.8. The molecule has 3 nitrogen and oxygen atoms in total. The van der Waals surface area contributed by atoms with Crippen molar-refractivity contribution >= 4 is 17.2 Å². The molecule has 1 atom stereocenters. The number of nitrogens with one attached hydrogen (secondary N) is 2. The van der Waals surface area contributed by atoms with Crippen LogP contribution < -0.4 is 10.6 Å². The van der Waals surface area contributed by atoms with Crippen molar-refractivity contribution in [2.45, 2.75) is 6.04 Å². The van der Waals surface area contributed by atoms with Gasteiger partial charge in [0.15, 0.2) is 0 Å². The molecule has 1 heterocycles. The maximum Gasteiger partial charge on any atom is 0.234 e. The summed E-state index contributed by atoms with van der Waals surface area (Å²) in [6, 6.07) is 13.8. The molecule has 0 saturated carbocycles. The number of hydrogen-bond donors (Lipinski definition) is 2. The van der Waals surface area contributed by atoms with Crippen LogP contribution in [0.1, 0.15) is 16.5 Å². The number of rotatable bonds is 6. The zero-order chi connectivity index (χ0) is 14.2. The van der Waals surface area contributed by atoms with E-state index in [1.54, 1.807) is 11.3 Å². The van der Waals surface area contributed by atoms with Gasteiger partial charge in [-0.1, -0.05) is 42.3 Å². The van der Waals surface area contributed by atoms with E-state index in [1.165, 1.54) is 0 Å². The lowest BCUT2D eigenvalue weighted by atomic mass is 10.1. The van der Waals surface area contributed by atoms with Crippen LogP contribution in [0.15, 0.2) is 47.8 Å². The summed E-state index contributed by atoms with van der Waals surface area (Å²) in [5, 5.41) is 7.94. The van der Waals surface area contributed by atoms with Gasteiger partial charge in [-0.15, -0.1) is 17.8 Å². The molecule has 0 bridgehead atoms. The van der Waals surface area contributed by atoms with E-state index in [0.29, 0.717) is 6.54 Å². The summed E-state index contributed by atoms with van der Waals surface area (Å²) >= 11 is 1.63. The minimum atomic E-state index is -0.115. The molecule has 1 aromatic heterocycles. The van der Waals surface area contributed by atoms with Gasteiger partial charge in [0.2, 0.25) is 5.91 Å². The normalized spacial score (nSPS) is 11.6. The van der Waals surface area contributed by atoms with Crippen LogP contribution in [0.25, 0.3) is 0 Å². The largest absolute Gasteiger partial charge is 0.343 e. The molecule has 4 heteroatoms. The number of carbonyl (C=O) groups excluding carboxylic acids is 1. The Balaban J connectivity index is 2.09. The highest BCUT2D eigenvalue weighted by atomic mass is 32.1. The quantitative estimate of drug-likeness (QED) is 0.630. The second-order valence-corrected chi connectivity index (χ2v) is 5.21. The Morgan fingerprint density at radius 1 is 1.25 bits per heavy atom. The molecule has 0 spiro atoms. The Bertz CT molecular complexity index is 572. The van der Waals surface area contributed by atoms with Crippen LogP contribution in [-0.2, 0) is 4.79 Å². The van der Waals surface area contributed by atoms with Crippen molar-refractivity contribution in [3.63, 3.8) is 0 Å². The molecule has 0 aliphatic carbocycles. The van der Waals surface area contributed by atoms with Crippen LogP contribution in [0.5, 0.6) is 0 Å². The summed E-state index contributed by atoms with van der Waals surface area (Å²) in [5.74, 6) is 2.38. The second-order valence-electron chi connectivity index (χ2n) is 4.23. The smallest absolute Gasteiger partial charge is 0.234 e. The lowest BCUT2D eigenvalue weighted by Gasteiger charge is -2.18. The Hall–Kier alpha value is -2.09. The molecule has 20 heavy (non-hydrogen) atoms. The minimum Gasteiger partial charge on any atom is -0.343 e. The van der Waals surface area contributed by atoms with Gasteiger partial charge in [0.1, 0.15) is 0 Å². The van der Waals surface area contributed by atoms with E-state index in [1.807, 2.05) is 47.8 Å².